The van der Waals surface area contributed by atoms with Crippen LogP contribution in [0.1, 0.15) is 11.1 Å². The number of anilines is 1. The van der Waals surface area contributed by atoms with Crippen LogP contribution in [0.25, 0.3) is 11.6 Å². The molecule has 3 rings (SSSR count). The van der Waals surface area contributed by atoms with Gasteiger partial charge in [-0.3, -0.25) is 14.2 Å². The quantitative estimate of drug-likeness (QED) is 0.603. The zero-order valence-corrected chi connectivity index (χ0v) is 15.7. The van der Waals surface area contributed by atoms with Crippen LogP contribution in [0.2, 0.25) is 0 Å². The number of hydrogen-bond donors (Lipinski definition) is 2. The average molecular weight is 385 g/mol. The summed E-state index contributed by atoms with van der Waals surface area (Å²) in [5.41, 5.74) is 8.12. The second kappa shape index (κ2) is 8.09. The van der Waals surface area contributed by atoms with Gasteiger partial charge in [0.15, 0.2) is 10.9 Å². The van der Waals surface area contributed by atoms with Gasteiger partial charge in [0.25, 0.3) is 0 Å². The highest BCUT2D eigenvalue weighted by Gasteiger charge is 2.19. The number of nitrogens with one attached hydrogen (secondary N) is 1. The van der Waals surface area contributed by atoms with E-state index < -0.39 is 5.91 Å². The molecule has 0 bridgehead atoms. The normalized spacial score (nSPS) is 10.7. The van der Waals surface area contributed by atoms with E-state index in [-0.39, 0.29) is 18.2 Å². The van der Waals surface area contributed by atoms with Gasteiger partial charge in [-0.2, -0.15) is 0 Å². The maximum absolute atomic E-state index is 12.4. The number of benzene rings is 1. The van der Waals surface area contributed by atoms with Gasteiger partial charge in [0, 0.05) is 5.69 Å². The third-order valence-corrected chi connectivity index (χ3v) is 4.82. The molecule has 3 N–H and O–H groups in total. The van der Waals surface area contributed by atoms with Crippen LogP contribution in [0.5, 0.6) is 0 Å². The first-order chi connectivity index (χ1) is 13.0. The molecule has 27 heavy (non-hydrogen) atoms. The lowest BCUT2D eigenvalue weighted by atomic mass is 10.1. The summed E-state index contributed by atoms with van der Waals surface area (Å²) in [4.78, 5) is 23.8. The Bertz CT molecular complexity index is 945. The van der Waals surface area contributed by atoms with E-state index in [1.807, 2.05) is 32.0 Å². The Hall–Kier alpha value is -3.07. The first kappa shape index (κ1) is 18.7. The lowest BCUT2D eigenvalue weighted by Crippen LogP contribution is -2.20. The molecule has 0 aliphatic heterocycles. The van der Waals surface area contributed by atoms with E-state index in [4.69, 9.17) is 10.2 Å². The Morgan fingerprint density at radius 3 is 2.56 bits per heavy atom. The molecular formula is C18H19N5O3S. The van der Waals surface area contributed by atoms with Crippen LogP contribution >= 0.6 is 11.8 Å². The Kier molecular flexibility index (Phi) is 5.60. The van der Waals surface area contributed by atoms with Crippen molar-refractivity contribution in [2.75, 3.05) is 11.1 Å². The van der Waals surface area contributed by atoms with Gasteiger partial charge in [-0.05, 0) is 37.1 Å². The van der Waals surface area contributed by atoms with Gasteiger partial charge < -0.3 is 15.5 Å². The van der Waals surface area contributed by atoms with Crippen LogP contribution in [-0.4, -0.2) is 32.3 Å². The number of aromatic nitrogens is 3. The molecule has 0 unspecified atom stereocenters. The minimum atomic E-state index is -0.538. The molecular weight excluding hydrogens is 366 g/mol. The number of carbonyl (C=O) groups is 2. The van der Waals surface area contributed by atoms with Gasteiger partial charge in [-0.25, -0.2) is 0 Å². The van der Waals surface area contributed by atoms with Crippen molar-refractivity contribution in [3.05, 3.63) is 47.7 Å². The molecule has 0 spiro atoms. The van der Waals surface area contributed by atoms with Gasteiger partial charge in [-0.15, -0.1) is 10.2 Å². The summed E-state index contributed by atoms with van der Waals surface area (Å²) < 4.78 is 6.86. The number of thioether (sulfide) groups is 1. The van der Waals surface area contributed by atoms with E-state index in [0.29, 0.717) is 16.7 Å². The Labute approximate surface area is 160 Å². The number of carbonyl (C=O) groups excluding carboxylic acids is 2. The van der Waals surface area contributed by atoms with Crippen LogP contribution in [0.15, 0.2) is 46.2 Å². The van der Waals surface area contributed by atoms with Crippen molar-refractivity contribution < 1.29 is 14.0 Å². The predicted molar refractivity (Wildman–Crippen MR) is 102 cm³/mol. The van der Waals surface area contributed by atoms with Crippen LogP contribution < -0.4 is 11.1 Å². The minimum absolute atomic E-state index is 0.107. The molecule has 0 aliphatic rings. The molecule has 2 heterocycles. The zero-order chi connectivity index (χ0) is 19.4. The van der Waals surface area contributed by atoms with Crippen molar-refractivity contribution in [1.29, 1.82) is 0 Å². The SMILES string of the molecule is Cc1cccc(C)c1NC(=O)CSc1nnc(-c2ccco2)n1CC(N)=O. The molecule has 3 aromatic rings. The second-order valence-corrected chi connectivity index (χ2v) is 6.88. The van der Waals surface area contributed by atoms with E-state index in [1.54, 1.807) is 12.1 Å². The summed E-state index contributed by atoms with van der Waals surface area (Å²) in [5.74, 6) is 0.255. The van der Waals surface area contributed by atoms with Crippen molar-refractivity contribution in [3.8, 4) is 11.6 Å². The van der Waals surface area contributed by atoms with Gasteiger partial charge in [0.05, 0.1) is 12.0 Å². The Morgan fingerprint density at radius 2 is 1.93 bits per heavy atom. The van der Waals surface area contributed by atoms with E-state index >= 15 is 0 Å². The fraction of sp³-hybridized carbons (Fsp3) is 0.222. The molecule has 140 valence electrons. The summed E-state index contributed by atoms with van der Waals surface area (Å²) in [5, 5.41) is 11.5. The molecule has 0 atom stereocenters. The molecule has 8 nitrogen and oxygen atoms in total. The van der Waals surface area contributed by atoms with Gasteiger partial charge in [0.2, 0.25) is 17.6 Å². The van der Waals surface area contributed by atoms with Gasteiger partial charge in [0.1, 0.15) is 6.54 Å². The van der Waals surface area contributed by atoms with Crippen LogP contribution in [0.3, 0.4) is 0 Å². The van der Waals surface area contributed by atoms with E-state index in [0.717, 1.165) is 16.8 Å². The number of nitrogens with zero attached hydrogens (tertiary/aromatic N) is 3. The number of hydrogen-bond acceptors (Lipinski definition) is 6. The summed E-state index contributed by atoms with van der Waals surface area (Å²) in [6.45, 7) is 3.77. The standard InChI is InChI=1S/C18H19N5O3S/c1-11-5-3-6-12(2)16(11)20-15(25)10-27-18-22-21-17(13-7-4-8-26-13)23(18)9-14(19)24/h3-8H,9-10H2,1-2H3,(H2,19,24)(H,20,25). The lowest BCUT2D eigenvalue weighted by molar-refractivity contribution is -0.118. The molecule has 0 saturated heterocycles. The third-order valence-electron chi connectivity index (χ3n) is 3.85. The molecule has 1 aromatic carbocycles. The highest BCUT2D eigenvalue weighted by atomic mass is 32.2. The molecule has 9 heteroatoms. The predicted octanol–water partition coefficient (Wildman–Crippen LogP) is 2.37. The number of amides is 2. The molecule has 0 saturated carbocycles. The number of aryl methyl sites for hydroxylation is 2. The number of para-hydroxylation sites is 1. The average Bonchev–Trinajstić information content (AvgIpc) is 3.26. The fourth-order valence-electron chi connectivity index (χ4n) is 2.60. The van der Waals surface area contributed by atoms with Crippen molar-refractivity contribution >= 4 is 29.3 Å². The van der Waals surface area contributed by atoms with E-state index in [2.05, 4.69) is 15.5 Å². The van der Waals surface area contributed by atoms with E-state index in [1.165, 1.54) is 22.6 Å². The monoisotopic (exact) mass is 385 g/mol. The van der Waals surface area contributed by atoms with Crippen molar-refractivity contribution in [2.24, 2.45) is 5.73 Å². The Morgan fingerprint density at radius 1 is 1.19 bits per heavy atom. The maximum atomic E-state index is 12.4. The van der Waals surface area contributed by atoms with E-state index in [9.17, 15) is 9.59 Å². The topological polar surface area (TPSA) is 116 Å². The second-order valence-electron chi connectivity index (χ2n) is 5.94. The molecule has 2 aromatic heterocycles. The van der Waals surface area contributed by atoms with Crippen LogP contribution in [0.4, 0.5) is 5.69 Å². The van der Waals surface area contributed by atoms with Gasteiger partial charge >= 0.3 is 0 Å². The fourth-order valence-corrected chi connectivity index (χ4v) is 3.34. The highest BCUT2D eigenvalue weighted by Crippen LogP contribution is 2.25. The van der Waals surface area contributed by atoms with Gasteiger partial charge in [-0.1, -0.05) is 30.0 Å². The number of primary amides is 1. The van der Waals surface area contributed by atoms with Crippen LogP contribution in [-0.2, 0) is 16.1 Å². The number of furan rings is 1. The Balaban J connectivity index is 1.74. The van der Waals surface area contributed by atoms with Crippen molar-refractivity contribution in [1.82, 2.24) is 14.8 Å². The highest BCUT2D eigenvalue weighted by molar-refractivity contribution is 7.99. The molecule has 2 amide bonds. The first-order valence-electron chi connectivity index (χ1n) is 8.20. The number of nitrogens with two attached hydrogens (primary N) is 1. The molecule has 0 radical (unpaired) electrons. The van der Waals surface area contributed by atoms with Crippen molar-refractivity contribution in [2.45, 2.75) is 25.5 Å². The summed E-state index contributed by atoms with van der Waals surface area (Å²) in [6, 6.07) is 9.24. The number of rotatable bonds is 7. The molecule has 0 fully saturated rings. The largest absolute Gasteiger partial charge is 0.461 e. The third kappa shape index (κ3) is 4.37. The summed E-state index contributed by atoms with van der Waals surface area (Å²) in [6.07, 6.45) is 1.50. The zero-order valence-electron chi connectivity index (χ0n) is 14.9. The summed E-state index contributed by atoms with van der Waals surface area (Å²) >= 11 is 1.17. The van der Waals surface area contributed by atoms with Crippen LogP contribution in [0, 0.1) is 13.8 Å². The summed E-state index contributed by atoms with van der Waals surface area (Å²) in [7, 11) is 0. The lowest BCUT2D eigenvalue weighted by Gasteiger charge is -2.11. The molecule has 0 aliphatic carbocycles. The smallest absolute Gasteiger partial charge is 0.237 e. The van der Waals surface area contributed by atoms with Crippen molar-refractivity contribution in [3.63, 3.8) is 0 Å². The maximum Gasteiger partial charge on any atom is 0.237 e. The minimum Gasteiger partial charge on any atom is -0.461 e. The first-order valence-corrected chi connectivity index (χ1v) is 9.18.